The molecule has 1 saturated heterocycles. The normalized spacial score (nSPS) is 24.7. The van der Waals surface area contributed by atoms with E-state index in [0.717, 1.165) is 6.42 Å². The van der Waals surface area contributed by atoms with E-state index in [1.165, 1.54) is 6.07 Å². The highest BCUT2D eigenvalue weighted by molar-refractivity contribution is 5.76. The molecule has 0 saturated carbocycles. The molecule has 1 aliphatic heterocycles. The molecule has 128 valence electrons. The molecule has 23 heavy (non-hydrogen) atoms. The Morgan fingerprint density at radius 2 is 2.30 bits per heavy atom. The Bertz CT molecular complexity index is 568. The number of aromatic nitrogens is 2. The van der Waals surface area contributed by atoms with Crippen molar-refractivity contribution in [3.8, 4) is 0 Å². The van der Waals surface area contributed by atoms with Crippen LogP contribution in [0, 0.1) is 5.41 Å². The third-order valence-corrected chi connectivity index (χ3v) is 4.63. The lowest BCUT2D eigenvalue weighted by Gasteiger charge is -2.45. The average molecular weight is 323 g/mol. The Kier molecular flexibility index (Phi) is 5.90. The molecule has 1 aliphatic rings. The van der Waals surface area contributed by atoms with Crippen LogP contribution in [0.4, 0.5) is 0 Å². The topological polar surface area (TPSA) is 107 Å². The van der Waals surface area contributed by atoms with Crippen molar-refractivity contribution in [1.29, 1.82) is 0 Å². The zero-order valence-corrected chi connectivity index (χ0v) is 13.5. The van der Waals surface area contributed by atoms with Gasteiger partial charge in [0, 0.05) is 37.4 Å². The molecule has 7 heteroatoms. The monoisotopic (exact) mass is 323 g/mol. The van der Waals surface area contributed by atoms with E-state index in [1.807, 2.05) is 6.92 Å². The summed E-state index contributed by atoms with van der Waals surface area (Å²) in [5, 5.41) is 26.2. The molecule has 0 radical (unpaired) electrons. The largest absolute Gasteiger partial charge is 0.396 e. The number of H-pyrrole nitrogens is 1. The van der Waals surface area contributed by atoms with Gasteiger partial charge in [-0.1, -0.05) is 13.3 Å². The van der Waals surface area contributed by atoms with Crippen molar-refractivity contribution in [2.24, 2.45) is 5.41 Å². The molecule has 0 spiro atoms. The van der Waals surface area contributed by atoms with Crippen molar-refractivity contribution in [1.82, 2.24) is 15.1 Å². The average Bonchev–Trinajstić information content (AvgIpc) is 2.56. The molecule has 1 fully saturated rings. The van der Waals surface area contributed by atoms with Gasteiger partial charge in [0.1, 0.15) is 0 Å². The van der Waals surface area contributed by atoms with Gasteiger partial charge in [0.05, 0.1) is 18.4 Å². The van der Waals surface area contributed by atoms with Crippen LogP contribution < -0.4 is 5.56 Å². The fourth-order valence-electron chi connectivity index (χ4n) is 3.25. The lowest BCUT2D eigenvalue weighted by Crippen LogP contribution is -2.55. The van der Waals surface area contributed by atoms with Gasteiger partial charge >= 0.3 is 0 Å². The summed E-state index contributed by atoms with van der Waals surface area (Å²) in [5.74, 6) is -0.0150. The van der Waals surface area contributed by atoms with E-state index >= 15 is 0 Å². The van der Waals surface area contributed by atoms with Gasteiger partial charge in [0.25, 0.3) is 5.56 Å². The van der Waals surface area contributed by atoms with Crippen LogP contribution in [0.2, 0.25) is 0 Å². The van der Waals surface area contributed by atoms with Gasteiger partial charge < -0.3 is 15.1 Å². The van der Waals surface area contributed by atoms with Gasteiger partial charge in [-0.05, 0) is 18.9 Å². The van der Waals surface area contributed by atoms with Crippen molar-refractivity contribution >= 4 is 5.91 Å². The van der Waals surface area contributed by atoms with Crippen LogP contribution in [0.5, 0.6) is 0 Å². The smallest absolute Gasteiger partial charge is 0.264 e. The van der Waals surface area contributed by atoms with Crippen LogP contribution in [0.1, 0.15) is 38.3 Å². The summed E-state index contributed by atoms with van der Waals surface area (Å²) in [7, 11) is 0. The number of likely N-dealkylation sites (tertiary alicyclic amines) is 1. The van der Waals surface area contributed by atoms with Gasteiger partial charge in [-0.25, -0.2) is 5.10 Å². The van der Waals surface area contributed by atoms with Crippen LogP contribution in [0.25, 0.3) is 0 Å². The number of aryl methyl sites for hydroxylation is 1. The standard InChI is InChI=1S/C16H25N3O4/c1-2-8-16(11-20)10-19(9-7-13(16)21)15(23)6-4-12-3-5-14(22)18-17-12/h3,5,13,20-21H,2,4,6-11H2,1H3,(H,18,22)/t13-,16-/m0/s1. The number of piperidine rings is 1. The quantitative estimate of drug-likeness (QED) is 0.687. The predicted molar refractivity (Wildman–Crippen MR) is 84.8 cm³/mol. The van der Waals surface area contributed by atoms with E-state index in [0.29, 0.717) is 44.5 Å². The van der Waals surface area contributed by atoms with Crippen molar-refractivity contribution in [3.63, 3.8) is 0 Å². The Labute approximate surface area is 135 Å². The van der Waals surface area contributed by atoms with Crippen LogP contribution >= 0.6 is 0 Å². The predicted octanol–water partition coefficient (Wildman–Crippen LogP) is 0.0745. The Morgan fingerprint density at radius 1 is 1.52 bits per heavy atom. The second kappa shape index (κ2) is 7.70. The van der Waals surface area contributed by atoms with Gasteiger partial charge in [0.15, 0.2) is 0 Å². The maximum Gasteiger partial charge on any atom is 0.264 e. The zero-order valence-electron chi connectivity index (χ0n) is 13.5. The highest BCUT2D eigenvalue weighted by atomic mass is 16.3. The first-order valence-corrected chi connectivity index (χ1v) is 8.12. The summed E-state index contributed by atoms with van der Waals surface area (Å²) < 4.78 is 0. The Hall–Kier alpha value is -1.73. The molecule has 1 aromatic heterocycles. The minimum atomic E-state index is -0.612. The number of aliphatic hydroxyl groups excluding tert-OH is 2. The first kappa shape index (κ1) is 17.6. The number of amides is 1. The fraction of sp³-hybridized carbons (Fsp3) is 0.688. The first-order valence-electron chi connectivity index (χ1n) is 8.12. The van der Waals surface area contributed by atoms with Crippen molar-refractivity contribution in [3.05, 3.63) is 28.2 Å². The number of hydrogen-bond donors (Lipinski definition) is 3. The van der Waals surface area contributed by atoms with Crippen molar-refractivity contribution in [2.75, 3.05) is 19.7 Å². The van der Waals surface area contributed by atoms with E-state index in [-0.39, 0.29) is 18.1 Å². The molecule has 7 nitrogen and oxygen atoms in total. The highest BCUT2D eigenvalue weighted by Gasteiger charge is 2.42. The highest BCUT2D eigenvalue weighted by Crippen LogP contribution is 2.34. The molecule has 0 aliphatic carbocycles. The number of hydrogen-bond acceptors (Lipinski definition) is 5. The fourth-order valence-corrected chi connectivity index (χ4v) is 3.25. The second-order valence-electron chi connectivity index (χ2n) is 6.30. The third kappa shape index (κ3) is 4.17. The second-order valence-corrected chi connectivity index (χ2v) is 6.30. The summed E-state index contributed by atoms with van der Waals surface area (Å²) in [6.07, 6.45) is 2.20. The van der Waals surface area contributed by atoms with Crippen molar-refractivity contribution in [2.45, 2.75) is 45.1 Å². The molecule has 1 amide bonds. The van der Waals surface area contributed by atoms with Crippen LogP contribution in [-0.4, -0.2) is 57.0 Å². The zero-order chi connectivity index (χ0) is 16.9. The molecule has 2 rings (SSSR count). The van der Waals surface area contributed by atoms with Gasteiger partial charge in [-0.3, -0.25) is 9.59 Å². The van der Waals surface area contributed by atoms with E-state index in [2.05, 4.69) is 10.2 Å². The van der Waals surface area contributed by atoms with Crippen molar-refractivity contribution < 1.29 is 15.0 Å². The van der Waals surface area contributed by atoms with Gasteiger partial charge in [0.2, 0.25) is 5.91 Å². The maximum absolute atomic E-state index is 12.4. The number of aliphatic hydroxyl groups is 2. The Morgan fingerprint density at radius 3 is 2.91 bits per heavy atom. The number of nitrogens with zero attached hydrogens (tertiary/aromatic N) is 2. The Balaban J connectivity index is 1.96. The van der Waals surface area contributed by atoms with E-state index in [1.54, 1.807) is 11.0 Å². The summed E-state index contributed by atoms with van der Waals surface area (Å²) >= 11 is 0. The third-order valence-electron chi connectivity index (χ3n) is 4.63. The first-order chi connectivity index (χ1) is 11.0. The van der Waals surface area contributed by atoms with Gasteiger partial charge in [-0.15, -0.1) is 0 Å². The van der Waals surface area contributed by atoms with Crippen LogP contribution in [-0.2, 0) is 11.2 Å². The number of rotatable bonds is 6. The molecule has 3 N–H and O–H groups in total. The van der Waals surface area contributed by atoms with Gasteiger partial charge in [-0.2, -0.15) is 5.10 Å². The minimum Gasteiger partial charge on any atom is -0.396 e. The molecule has 2 heterocycles. The molecular weight excluding hydrogens is 298 g/mol. The number of carbonyl (C=O) groups is 1. The lowest BCUT2D eigenvalue weighted by atomic mass is 9.74. The van der Waals surface area contributed by atoms with E-state index in [9.17, 15) is 19.8 Å². The number of aromatic amines is 1. The minimum absolute atomic E-state index is 0.0150. The van der Waals surface area contributed by atoms with E-state index in [4.69, 9.17) is 0 Å². The summed E-state index contributed by atoms with van der Waals surface area (Å²) in [5.41, 5.74) is -0.215. The number of carbonyl (C=O) groups excluding carboxylic acids is 1. The molecule has 2 atom stereocenters. The molecular formula is C16H25N3O4. The molecule has 0 unspecified atom stereocenters. The maximum atomic E-state index is 12.4. The molecule has 0 aromatic carbocycles. The molecule has 1 aromatic rings. The number of nitrogens with one attached hydrogen (secondary N) is 1. The summed E-state index contributed by atoms with van der Waals surface area (Å²) in [6, 6.07) is 3.00. The SMILES string of the molecule is CCC[C@@]1(CO)CN(C(=O)CCc2ccc(=O)[nH]n2)CC[C@@H]1O. The van der Waals surface area contributed by atoms with Crippen LogP contribution in [0.3, 0.4) is 0 Å². The van der Waals surface area contributed by atoms with Crippen LogP contribution in [0.15, 0.2) is 16.9 Å². The van der Waals surface area contributed by atoms with E-state index < -0.39 is 11.5 Å². The molecule has 0 bridgehead atoms. The summed E-state index contributed by atoms with van der Waals surface area (Å²) in [4.78, 5) is 25.1. The lowest BCUT2D eigenvalue weighted by molar-refractivity contribution is -0.142. The summed E-state index contributed by atoms with van der Waals surface area (Å²) in [6.45, 7) is 2.78.